The van der Waals surface area contributed by atoms with Crippen molar-refractivity contribution < 1.29 is 19.8 Å². The first-order valence-corrected chi connectivity index (χ1v) is 6.73. The third-order valence-electron chi connectivity index (χ3n) is 4.17. The normalized spacial score (nSPS) is 17.1. The molecule has 0 bridgehead atoms. The first-order valence-electron chi connectivity index (χ1n) is 6.73. The van der Waals surface area contributed by atoms with Crippen molar-refractivity contribution in [1.29, 1.82) is 0 Å². The number of hydrogen-bond acceptors (Lipinski definition) is 2. The molecule has 4 heteroatoms. The summed E-state index contributed by atoms with van der Waals surface area (Å²) in [6, 6.07) is 9.84. The Labute approximate surface area is 123 Å². The number of rotatable bonds is 4. The van der Waals surface area contributed by atoms with Crippen LogP contribution in [0.25, 0.3) is 0 Å². The van der Waals surface area contributed by atoms with E-state index in [0.29, 0.717) is 0 Å². The van der Waals surface area contributed by atoms with E-state index in [9.17, 15) is 19.8 Å². The number of hydrogen-bond donors (Lipinski definition) is 2. The lowest BCUT2D eigenvalue weighted by atomic mass is 9.71. The second kappa shape index (κ2) is 5.20. The number of aliphatic carboxylic acids is 2. The lowest BCUT2D eigenvalue weighted by Crippen LogP contribution is -2.39. The molecule has 0 atom stereocenters. The highest BCUT2D eigenvalue weighted by Gasteiger charge is 2.45. The Balaban J connectivity index is 2.35. The number of carboxylic acid groups (broad SMARTS) is 2. The molecule has 0 saturated heterocycles. The summed E-state index contributed by atoms with van der Waals surface area (Å²) in [7, 11) is 0. The fourth-order valence-electron chi connectivity index (χ4n) is 2.53. The van der Waals surface area contributed by atoms with Crippen LogP contribution in [0.15, 0.2) is 54.1 Å². The molecule has 4 nitrogen and oxygen atoms in total. The van der Waals surface area contributed by atoms with E-state index < -0.39 is 17.4 Å². The lowest BCUT2D eigenvalue weighted by molar-refractivity contribution is -0.160. The minimum Gasteiger partial charge on any atom is -0.480 e. The van der Waals surface area contributed by atoms with Crippen LogP contribution in [0.2, 0.25) is 0 Å². The Morgan fingerprint density at radius 3 is 2.10 bits per heavy atom. The smallest absolute Gasteiger partial charge is 0.325 e. The summed E-state index contributed by atoms with van der Waals surface area (Å²) in [5, 5.41) is 18.4. The largest absolute Gasteiger partial charge is 0.480 e. The van der Waals surface area contributed by atoms with Gasteiger partial charge >= 0.3 is 11.9 Å². The van der Waals surface area contributed by atoms with Gasteiger partial charge in [-0.3, -0.25) is 9.59 Å². The topological polar surface area (TPSA) is 74.6 Å². The van der Waals surface area contributed by atoms with E-state index in [2.05, 4.69) is 0 Å². The molecule has 2 N–H and O–H groups in total. The van der Waals surface area contributed by atoms with Crippen LogP contribution >= 0.6 is 0 Å². The van der Waals surface area contributed by atoms with Gasteiger partial charge in [0, 0.05) is 5.41 Å². The summed E-state index contributed by atoms with van der Waals surface area (Å²) in [5.41, 5.74) is -0.136. The third-order valence-corrected chi connectivity index (χ3v) is 4.17. The van der Waals surface area contributed by atoms with Gasteiger partial charge in [-0.05, 0) is 17.6 Å². The van der Waals surface area contributed by atoms with Gasteiger partial charge in [0.15, 0.2) is 5.41 Å². The first kappa shape index (κ1) is 15.0. The van der Waals surface area contributed by atoms with Gasteiger partial charge in [0.2, 0.25) is 0 Å². The summed E-state index contributed by atoms with van der Waals surface area (Å²) in [6.45, 7) is 4.07. The Kier molecular flexibility index (Phi) is 3.73. The monoisotopic (exact) mass is 286 g/mol. The van der Waals surface area contributed by atoms with E-state index in [1.165, 1.54) is 6.08 Å². The molecule has 0 heterocycles. The standard InChI is InChI=1S/C17H18O4/c1-16(2,12-6-4-3-5-7-12)13-8-10-17(11-9-13,14(18)19)15(20)21/h3-10H,11H2,1-2H3,(H,18,19)(H,20,21). The molecule has 0 radical (unpaired) electrons. The molecule has 0 aliphatic heterocycles. The Morgan fingerprint density at radius 2 is 1.67 bits per heavy atom. The van der Waals surface area contributed by atoms with Crippen LogP contribution in [0.4, 0.5) is 0 Å². The minimum absolute atomic E-state index is 0.0419. The van der Waals surface area contributed by atoms with Crippen molar-refractivity contribution in [1.82, 2.24) is 0 Å². The molecule has 110 valence electrons. The van der Waals surface area contributed by atoms with Crippen LogP contribution in [-0.2, 0) is 15.0 Å². The predicted molar refractivity (Wildman–Crippen MR) is 79.0 cm³/mol. The van der Waals surface area contributed by atoms with Crippen LogP contribution in [0.3, 0.4) is 0 Å². The van der Waals surface area contributed by atoms with Crippen LogP contribution < -0.4 is 0 Å². The lowest BCUT2D eigenvalue weighted by Gasteiger charge is -2.31. The fourth-order valence-corrected chi connectivity index (χ4v) is 2.53. The van der Waals surface area contributed by atoms with Gasteiger partial charge in [-0.25, -0.2) is 0 Å². The molecule has 1 aliphatic carbocycles. The summed E-state index contributed by atoms with van der Waals surface area (Å²) < 4.78 is 0. The van der Waals surface area contributed by atoms with Crippen molar-refractivity contribution >= 4 is 11.9 Å². The quantitative estimate of drug-likeness (QED) is 0.834. The molecular weight excluding hydrogens is 268 g/mol. The highest BCUT2D eigenvalue weighted by Crippen LogP contribution is 2.39. The maximum absolute atomic E-state index is 11.3. The molecule has 1 aliphatic rings. The molecule has 0 spiro atoms. The Morgan fingerprint density at radius 1 is 1.10 bits per heavy atom. The fraction of sp³-hybridized carbons (Fsp3) is 0.294. The van der Waals surface area contributed by atoms with Gasteiger partial charge in [-0.1, -0.05) is 62.4 Å². The Hall–Kier alpha value is -2.36. The van der Waals surface area contributed by atoms with Gasteiger partial charge in [0.25, 0.3) is 0 Å². The average Bonchev–Trinajstić information content (AvgIpc) is 2.47. The highest BCUT2D eigenvalue weighted by atomic mass is 16.4. The van der Waals surface area contributed by atoms with E-state index in [1.54, 1.807) is 12.2 Å². The van der Waals surface area contributed by atoms with Crippen molar-refractivity contribution in [3.05, 3.63) is 59.7 Å². The van der Waals surface area contributed by atoms with Crippen molar-refractivity contribution in [3.63, 3.8) is 0 Å². The van der Waals surface area contributed by atoms with Gasteiger partial charge < -0.3 is 10.2 Å². The zero-order valence-electron chi connectivity index (χ0n) is 12.0. The van der Waals surface area contributed by atoms with Crippen LogP contribution in [0, 0.1) is 5.41 Å². The van der Waals surface area contributed by atoms with Crippen molar-refractivity contribution in [2.75, 3.05) is 0 Å². The number of allylic oxidation sites excluding steroid dienone is 3. The molecule has 1 aromatic carbocycles. The van der Waals surface area contributed by atoms with Gasteiger partial charge in [0.05, 0.1) is 0 Å². The molecule has 0 saturated carbocycles. The molecule has 2 rings (SSSR count). The summed E-state index contributed by atoms with van der Waals surface area (Å²) in [4.78, 5) is 22.6. The number of carboxylic acids is 2. The van der Waals surface area contributed by atoms with Gasteiger partial charge in [-0.15, -0.1) is 0 Å². The average molecular weight is 286 g/mol. The second-order valence-electron chi connectivity index (χ2n) is 5.77. The molecular formula is C17H18O4. The summed E-state index contributed by atoms with van der Waals surface area (Å²) in [6.07, 6.45) is 4.59. The zero-order chi connectivity index (χ0) is 15.7. The molecule has 21 heavy (non-hydrogen) atoms. The van der Waals surface area contributed by atoms with E-state index >= 15 is 0 Å². The summed E-state index contributed by atoms with van der Waals surface area (Å²) in [5.74, 6) is -2.67. The maximum Gasteiger partial charge on any atom is 0.325 e. The molecule has 0 unspecified atom stereocenters. The van der Waals surface area contributed by atoms with Crippen molar-refractivity contribution in [2.24, 2.45) is 5.41 Å². The molecule has 0 aromatic heterocycles. The van der Waals surface area contributed by atoms with E-state index in [-0.39, 0.29) is 11.8 Å². The maximum atomic E-state index is 11.3. The first-order chi connectivity index (χ1) is 9.80. The van der Waals surface area contributed by atoms with Crippen LogP contribution in [0.1, 0.15) is 25.8 Å². The molecule has 1 aromatic rings. The van der Waals surface area contributed by atoms with Gasteiger partial charge in [-0.2, -0.15) is 0 Å². The molecule has 0 fully saturated rings. The van der Waals surface area contributed by atoms with E-state index in [1.807, 2.05) is 44.2 Å². The Bertz CT molecular complexity index is 609. The zero-order valence-corrected chi connectivity index (χ0v) is 12.0. The minimum atomic E-state index is -1.85. The highest BCUT2D eigenvalue weighted by molar-refractivity contribution is 6.01. The number of benzene rings is 1. The third kappa shape index (κ3) is 2.49. The van der Waals surface area contributed by atoms with E-state index in [0.717, 1.165) is 11.1 Å². The van der Waals surface area contributed by atoms with E-state index in [4.69, 9.17) is 0 Å². The molecule has 0 amide bonds. The van der Waals surface area contributed by atoms with Gasteiger partial charge in [0.1, 0.15) is 0 Å². The van der Waals surface area contributed by atoms with Crippen molar-refractivity contribution in [2.45, 2.75) is 25.7 Å². The predicted octanol–water partition coefficient (Wildman–Crippen LogP) is 3.01. The van der Waals surface area contributed by atoms with Crippen LogP contribution in [-0.4, -0.2) is 22.2 Å². The number of carbonyl (C=O) groups is 2. The van der Waals surface area contributed by atoms with Crippen LogP contribution in [0.5, 0.6) is 0 Å². The summed E-state index contributed by atoms with van der Waals surface area (Å²) >= 11 is 0. The van der Waals surface area contributed by atoms with Crippen molar-refractivity contribution in [3.8, 4) is 0 Å². The SMILES string of the molecule is CC(C)(C1=CCC(C(=O)O)(C(=O)O)C=C1)c1ccccc1. The second-order valence-corrected chi connectivity index (χ2v) is 5.77.